The summed E-state index contributed by atoms with van der Waals surface area (Å²) in [5, 5.41) is 0. The van der Waals surface area contributed by atoms with Crippen LogP contribution < -0.4 is 4.74 Å². The molecule has 0 saturated carbocycles. The second-order valence-corrected chi connectivity index (χ2v) is 8.24. The molecule has 31 heavy (non-hydrogen) atoms. The van der Waals surface area contributed by atoms with Crippen molar-refractivity contribution in [1.82, 2.24) is 9.88 Å². The summed E-state index contributed by atoms with van der Waals surface area (Å²) >= 11 is 0. The Morgan fingerprint density at radius 2 is 1.77 bits per heavy atom. The van der Waals surface area contributed by atoms with E-state index in [4.69, 9.17) is 9.72 Å². The van der Waals surface area contributed by atoms with Gasteiger partial charge in [-0.25, -0.2) is 0 Å². The van der Waals surface area contributed by atoms with E-state index in [1.54, 1.807) is 0 Å². The fourth-order valence-corrected chi connectivity index (χ4v) is 4.15. The predicted molar refractivity (Wildman–Crippen MR) is 135 cm³/mol. The fraction of sp³-hybridized carbons (Fsp3) is 0.464. The molecule has 0 aliphatic carbocycles. The molecule has 0 bridgehead atoms. The summed E-state index contributed by atoms with van der Waals surface area (Å²) in [4.78, 5) is 7.28. The molecule has 1 aromatic heterocycles. The highest BCUT2D eigenvalue weighted by atomic mass is 16.5. The number of ether oxygens (including phenoxy) is 1. The summed E-state index contributed by atoms with van der Waals surface area (Å²) < 4.78 is 6.37. The van der Waals surface area contributed by atoms with Crippen molar-refractivity contribution in [3.8, 4) is 17.0 Å². The van der Waals surface area contributed by atoms with Crippen molar-refractivity contribution in [3.63, 3.8) is 0 Å². The average molecular weight is 421 g/mol. The quantitative estimate of drug-likeness (QED) is 0.356. The largest absolute Gasteiger partial charge is 0.490 e. The van der Waals surface area contributed by atoms with Crippen LogP contribution in [0, 0.1) is 0 Å². The van der Waals surface area contributed by atoms with E-state index in [9.17, 15) is 0 Å². The zero-order valence-electron chi connectivity index (χ0n) is 20.6. The van der Waals surface area contributed by atoms with Gasteiger partial charge in [0.1, 0.15) is 5.75 Å². The van der Waals surface area contributed by atoms with E-state index in [0.717, 1.165) is 54.9 Å². The molecule has 1 heterocycles. The molecule has 3 nitrogen and oxygen atoms in total. The van der Waals surface area contributed by atoms with Crippen LogP contribution in [0.5, 0.6) is 5.75 Å². The Morgan fingerprint density at radius 3 is 2.26 bits per heavy atom. The summed E-state index contributed by atoms with van der Waals surface area (Å²) in [6.45, 7) is 18.0. The number of rotatable bonds is 11. The lowest BCUT2D eigenvalue weighted by molar-refractivity contribution is 0.241. The van der Waals surface area contributed by atoms with Gasteiger partial charge in [0.05, 0.1) is 23.1 Å². The maximum atomic E-state index is 6.37. The van der Waals surface area contributed by atoms with Crippen LogP contribution in [0.1, 0.15) is 71.1 Å². The van der Waals surface area contributed by atoms with Crippen LogP contribution in [-0.2, 0) is 12.8 Å². The topological polar surface area (TPSA) is 25.4 Å². The summed E-state index contributed by atoms with van der Waals surface area (Å²) in [6, 6.07) is 8.71. The molecule has 0 aliphatic heterocycles. The molecule has 2 rings (SSSR count). The molecule has 0 radical (unpaired) electrons. The summed E-state index contributed by atoms with van der Waals surface area (Å²) in [7, 11) is 2.15. The van der Waals surface area contributed by atoms with Gasteiger partial charge in [0.25, 0.3) is 0 Å². The van der Waals surface area contributed by atoms with Gasteiger partial charge in [-0.3, -0.25) is 4.98 Å². The van der Waals surface area contributed by atoms with E-state index < -0.39 is 0 Å². The fourth-order valence-electron chi connectivity index (χ4n) is 4.15. The van der Waals surface area contributed by atoms with Crippen LogP contribution in [0.25, 0.3) is 17.0 Å². The monoisotopic (exact) mass is 420 g/mol. The molecule has 0 saturated heterocycles. The zero-order valence-corrected chi connectivity index (χ0v) is 20.6. The van der Waals surface area contributed by atoms with Crippen LogP contribution in [0.4, 0.5) is 0 Å². The third kappa shape index (κ3) is 5.78. The first kappa shape index (κ1) is 24.7. The molecule has 0 atom stereocenters. The Balaban J connectivity index is 2.78. The predicted octanol–water partition coefficient (Wildman–Crippen LogP) is 7.31. The van der Waals surface area contributed by atoms with Gasteiger partial charge >= 0.3 is 0 Å². The normalized spacial score (nSPS) is 12.0. The van der Waals surface area contributed by atoms with Crippen molar-refractivity contribution in [2.45, 2.75) is 73.3 Å². The van der Waals surface area contributed by atoms with E-state index in [0.29, 0.717) is 0 Å². The number of benzene rings is 1. The van der Waals surface area contributed by atoms with Crippen molar-refractivity contribution in [2.24, 2.45) is 0 Å². The number of nitrogens with zero attached hydrogens (tertiary/aromatic N) is 2. The Morgan fingerprint density at radius 1 is 1.13 bits per heavy atom. The van der Waals surface area contributed by atoms with E-state index in [-0.39, 0.29) is 6.10 Å². The maximum Gasteiger partial charge on any atom is 0.132 e. The van der Waals surface area contributed by atoms with Crippen molar-refractivity contribution >= 4 is 5.70 Å². The molecule has 0 aliphatic rings. The van der Waals surface area contributed by atoms with E-state index in [1.807, 2.05) is 12.3 Å². The molecule has 0 fully saturated rings. The Bertz CT molecular complexity index is 889. The standard InChI is InChI=1S/C28H40N2O/c1-9-17-30(8)28(21(10-2)11-3)24-19-29-25(18-26(24)31-20(6)7)27-22(12-4)15-14-16-23(27)13-5/h10,14-16,18-20H,2,9,11-13,17H2,1,3-8H3/b28-21+. The van der Waals surface area contributed by atoms with Gasteiger partial charge in [-0.2, -0.15) is 0 Å². The second-order valence-electron chi connectivity index (χ2n) is 8.24. The van der Waals surface area contributed by atoms with Gasteiger partial charge in [-0.1, -0.05) is 58.5 Å². The molecule has 3 heteroatoms. The van der Waals surface area contributed by atoms with Gasteiger partial charge in [0.15, 0.2) is 0 Å². The van der Waals surface area contributed by atoms with Crippen LogP contribution in [0.3, 0.4) is 0 Å². The molecular weight excluding hydrogens is 380 g/mol. The minimum absolute atomic E-state index is 0.0765. The van der Waals surface area contributed by atoms with Crippen LogP contribution in [-0.4, -0.2) is 29.6 Å². The van der Waals surface area contributed by atoms with E-state index in [1.165, 1.54) is 22.3 Å². The van der Waals surface area contributed by atoms with Gasteiger partial charge in [0.2, 0.25) is 0 Å². The highest BCUT2D eigenvalue weighted by Gasteiger charge is 2.20. The maximum absolute atomic E-state index is 6.37. The minimum atomic E-state index is 0.0765. The molecule has 0 unspecified atom stereocenters. The molecule has 0 N–H and O–H groups in total. The van der Waals surface area contributed by atoms with Crippen molar-refractivity contribution in [2.75, 3.05) is 13.6 Å². The lowest BCUT2D eigenvalue weighted by Gasteiger charge is -2.27. The first-order valence-corrected chi connectivity index (χ1v) is 11.8. The number of allylic oxidation sites excluding steroid dienone is 2. The van der Waals surface area contributed by atoms with Crippen molar-refractivity contribution in [1.29, 1.82) is 0 Å². The number of hydrogen-bond acceptors (Lipinski definition) is 3. The van der Waals surface area contributed by atoms with Gasteiger partial charge < -0.3 is 9.64 Å². The summed E-state index contributed by atoms with van der Waals surface area (Å²) in [5.41, 5.74) is 8.30. The number of aryl methyl sites for hydroxylation is 2. The Hall–Kier alpha value is -2.55. The van der Waals surface area contributed by atoms with Gasteiger partial charge in [0, 0.05) is 31.4 Å². The van der Waals surface area contributed by atoms with Crippen LogP contribution in [0.2, 0.25) is 0 Å². The minimum Gasteiger partial charge on any atom is -0.490 e. The lowest BCUT2D eigenvalue weighted by Crippen LogP contribution is -2.20. The molecule has 0 spiro atoms. The van der Waals surface area contributed by atoms with Crippen LogP contribution in [0.15, 0.2) is 48.7 Å². The molecule has 168 valence electrons. The molecule has 1 aromatic carbocycles. The molecule has 0 amide bonds. The SMILES string of the molecule is C=C/C(CC)=C(/c1cnc(-c2c(CC)cccc2CC)cc1OC(C)C)N(C)CCC. The smallest absolute Gasteiger partial charge is 0.132 e. The first-order valence-electron chi connectivity index (χ1n) is 11.8. The summed E-state index contributed by atoms with van der Waals surface area (Å²) in [6.07, 6.45) is 7.99. The zero-order chi connectivity index (χ0) is 23.0. The second kappa shape index (κ2) is 11.7. The van der Waals surface area contributed by atoms with E-state index >= 15 is 0 Å². The van der Waals surface area contributed by atoms with Gasteiger partial charge in [-0.05, 0) is 56.2 Å². The van der Waals surface area contributed by atoms with E-state index in [2.05, 4.69) is 84.3 Å². The third-order valence-corrected chi connectivity index (χ3v) is 5.61. The number of aromatic nitrogens is 1. The number of pyridine rings is 1. The molecular formula is C28H40N2O. The number of hydrogen-bond donors (Lipinski definition) is 0. The highest BCUT2D eigenvalue weighted by molar-refractivity contribution is 5.77. The van der Waals surface area contributed by atoms with Gasteiger partial charge in [-0.15, -0.1) is 0 Å². The Labute approximate surface area is 189 Å². The van der Waals surface area contributed by atoms with Crippen molar-refractivity contribution in [3.05, 3.63) is 65.4 Å². The van der Waals surface area contributed by atoms with Crippen molar-refractivity contribution < 1.29 is 4.74 Å². The first-order chi connectivity index (χ1) is 14.9. The molecule has 2 aromatic rings. The highest BCUT2D eigenvalue weighted by Crippen LogP contribution is 2.36. The lowest BCUT2D eigenvalue weighted by atomic mass is 9.94. The third-order valence-electron chi connectivity index (χ3n) is 5.61. The average Bonchev–Trinajstić information content (AvgIpc) is 2.76. The van der Waals surface area contributed by atoms with Crippen LogP contribution >= 0.6 is 0 Å². The summed E-state index contributed by atoms with van der Waals surface area (Å²) in [5.74, 6) is 0.888. The Kier molecular flexibility index (Phi) is 9.36.